The Morgan fingerprint density at radius 2 is 2.25 bits per heavy atom. The Morgan fingerprint density at radius 3 is 2.95 bits per heavy atom. The zero-order valence-electron chi connectivity index (χ0n) is 10.9. The highest BCUT2D eigenvalue weighted by Gasteiger charge is 2.12. The second kappa shape index (κ2) is 4.93. The maximum Gasteiger partial charge on any atom is 0.277 e. The van der Waals surface area contributed by atoms with Crippen molar-refractivity contribution >= 4 is 32.6 Å². The van der Waals surface area contributed by atoms with Gasteiger partial charge in [0.1, 0.15) is 5.75 Å². The fourth-order valence-electron chi connectivity index (χ4n) is 1.78. The molecule has 2 heterocycles. The minimum atomic E-state index is -0.277. The van der Waals surface area contributed by atoms with Crippen LogP contribution in [0, 0.1) is 6.92 Å². The van der Waals surface area contributed by atoms with E-state index in [0.29, 0.717) is 10.8 Å². The van der Waals surface area contributed by atoms with E-state index in [9.17, 15) is 4.79 Å². The van der Waals surface area contributed by atoms with E-state index in [1.807, 2.05) is 25.1 Å². The highest BCUT2D eigenvalue weighted by Crippen LogP contribution is 2.29. The lowest BCUT2D eigenvalue weighted by Gasteiger charge is -1.96. The van der Waals surface area contributed by atoms with Gasteiger partial charge in [-0.25, -0.2) is 4.98 Å². The number of hydrogen-bond acceptors (Lipinski definition) is 5. The summed E-state index contributed by atoms with van der Waals surface area (Å²) in [6.45, 7) is 1.84. The summed E-state index contributed by atoms with van der Waals surface area (Å²) in [5.74, 6) is 0.488. The molecule has 6 nitrogen and oxygen atoms in total. The topological polar surface area (TPSA) is 79.9 Å². The van der Waals surface area contributed by atoms with Gasteiger partial charge in [-0.1, -0.05) is 11.3 Å². The maximum atomic E-state index is 12.0. The number of thiazole rings is 1. The number of aromatic amines is 1. The monoisotopic (exact) mass is 288 g/mol. The number of nitrogens with one attached hydrogen (secondary N) is 2. The zero-order chi connectivity index (χ0) is 14.1. The zero-order valence-corrected chi connectivity index (χ0v) is 11.7. The first-order valence-corrected chi connectivity index (χ1v) is 6.75. The summed E-state index contributed by atoms with van der Waals surface area (Å²) in [6.07, 6.45) is 0. The first-order valence-electron chi connectivity index (χ1n) is 5.93. The van der Waals surface area contributed by atoms with E-state index in [1.165, 1.54) is 11.3 Å². The highest BCUT2D eigenvalue weighted by atomic mass is 32.1. The molecule has 20 heavy (non-hydrogen) atoms. The van der Waals surface area contributed by atoms with E-state index in [-0.39, 0.29) is 5.91 Å². The minimum Gasteiger partial charge on any atom is -0.497 e. The summed E-state index contributed by atoms with van der Waals surface area (Å²) in [4.78, 5) is 16.3. The van der Waals surface area contributed by atoms with Crippen molar-refractivity contribution in [3.8, 4) is 5.75 Å². The van der Waals surface area contributed by atoms with E-state index in [1.54, 1.807) is 13.2 Å². The average Bonchev–Trinajstić information content (AvgIpc) is 3.03. The van der Waals surface area contributed by atoms with Gasteiger partial charge in [0, 0.05) is 5.69 Å². The number of aromatic nitrogens is 3. The summed E-state index contributed by atoms with van der Waals surface area (Å²) in [6, 6.07) is 7.27. The molecule has 0 fully saturated rings. The number of hydrogen-bond donors (Lipinski definition) is 2. The molecule has 7 heteroatoms. The minimum absolute atomic E-state index is 0.277. The van der Waals surface area contributed by atoms with Gasteiger partial charge in [0.15, 0.2) is 10.8 Å². The van der Waals surface area contributed by atoms with Crippen LogP contribution in [0.25, 0.3) is 10.2 Å². The molecule has 0 bridgehead atoms. The average molecular weight is 288 g/mol. The summed E-state index contributed by atoms with van der Waals surface area (Å²) < 4.78 is 6.12. The molecule has 1 aromatic carbocycles. The van der Waals surface area contributed by atoms with E-state index in [0.717, 1.165) is 21.7 Å². The molecule has 102 valence electrons. The first kappa shape index (κ1) is 12.6. The van der Waals surface area contributed by atoms with Gasteiger partial charge in [-0.05, 0) is 31.2 Å². The highest BCUT2D eigenvalue weighted by molar-refractivity contribution is 7.22. The maximum absolute atomic E-state index is 12.0. The summed E-state index contributed by atoms with van der Waals surface area (Å²) in [5, 5.41) is 9.93. The van der Waals surface area contributed by atoms with Gasteiger partial charge >= 0.3 is 0 Å². The smallest absolute Gasteiger partial charge is 0.277 e. The van der Waals surface area contributed by atoms with Crippen molar-refractivity contribution in [2.24, 2.45) is 0 Å². The Balaban J connectivity index is 1.85. The van der Waals surface area contributed by atoms with Crippen LogP contribution in [0.2, 0.25) is 0 Å². The van der Waals surface area contributed by atoms with Crippen LogP contribution in [0.1, 0.15) is 16.2 Å². The summed E-state index contributed by atoms with van der Waals surface area (Å²) in [5.41, 5.74) is 2.01. The lowest BCUT2D eigenvalue weighted by Crippen LogP contribution is -2.11. The van der Waals surface area contributed by atoms with Crippen molar-refractivity contribution in [3.05, 3.63) is 35.7 Å². The van der Waals surface area contributed by atoms with Gasteiger partial charge in [-0.3, -0.25) is 15.2 Å². The molecule has 2 aromatic heterocycles. The van der Waals surface area contributed by atoms with Crippen LogP contribution in [0.5, 0.6) is 5.75 Å². The van der Waals surface area contributed by atoms with Crippen molar-refractivity contribution in [2.75, 3.05) is 12.4 Å². The molecule has 0 saturated carbocycles. The third-order valence-electron chi connectivity index (χ3n) is 2.75. The fourth-order valence-corrected chi connectivity index (χ4v) is 2.67. The van der Waals surface area contributed by atoms with Gasteiger partial charge < -0.3 is 4.74 Å². The van der Waals surface area contributed by atoms with Crippen LogP contribution in [-0.2, 0) is 0 Å². The molecule has 3 rings (SSSR count). The van der Waals surface area contributed by atoms with Gasteiger partial charge in [-0.15, -0.1) is 0 Å². The molecule has 0 spiro atoms. The molecular formula is C13H12N4O2S. The molecule has 0 unspecified atom stereocenters. The van der Waals surface area contributed by atoms with Gasteiger partial charge in [0.05, 0.1) is 17.3 Å². The van der Waals surface area contributed by atoms with Crippen molar-refractivity contribution in [3.63, 3.8) is 0 Å². The first-order chi connectivity index (χ1) is 9.65. The molecular weight excluding hydrogens is 276 g/mol. The quantitative estimate of drug-likeness (QED) is 0.776. The summed E-state index contributed by atoms with van der Waals surface area (Å²) >= 11 is 1.40. The number of aryl methyl sites for hydroxylation is 1. The molecule has 2 N–H and O–H groups in total. The van der Waals surface area contributed by atoms with Crippen LogP contribution in [0.15, 0.2) is 24.3 Å². The van der Waals surface area contributed by atoms with E-state index in [2.05, 4.69) is 20.5 Å². The molecule has 0 aliphatic rings. The van der Waals surface area contributed by atoms with E-state index >= 15 is 0 Å². The number of benzene rings is 1. The normalized spacial score (nSPS) is 10.7. The second-order valence-corrected chi connectivity index (χ2v) is 5.27. The van der Waals surface area contributed by atoms with Crippen LogP contribution >= 0.6 is 11.3 Å². The largest absolute Gasteiger partial charge is 0.497 e. The third kappa shape index (κ3) is 2.35. The Kier molecular flexibility index (Phi) is 3.11. The number of fused-ring (bicyclic) bond motifs is 1. The predicted molar refractivity (Wildman–Crippen MR) is 77.4 cm³/mol. The Labute approximate surface area is 118 Å². The molecule has 1 amide bonds. The van der Waals surface area contributed by atoms with Crippen LogP contribution in [0.3, 0.4) is 0 Å². The number of ether oxygens (including phenoxy) is 1. The number of H-pyrrole nitrogens is 1. The van der Waals surface area contributed by atoms with Crippen molar-refractivity contribution in [1.29, 1.82) is 0 Å². The number of methoxy groups -OCH3 is 1. The SMILES string of the molecule is COc1ccc2nc(NC(=O)c3cc(C)[nH]n3)sc2c1. The number of anilines is 1. The van der Waals surface area contributed by atoms with E-state index in [4.69, 9.17) is 4.74 Å². The molecule has 0 saturated heterocycles. The van der Waals surface area contributed by atoms with E-state index < -0.39 is 0 Å². The second-order valence-electron chi connectivity index (χ2n) is 4.24. The third-order valence-corrected chi connectivity index (χ3v) is 3.69. The van der Waals surface area contributed by atoms with Crippen molar-refractivity contribution < 1.29 is 9.53 Å². The standard InChI is InChI=1S/C13H12N4O2S/c1-7-5-10(17-16-7)12(18)15-13-14-9-4-3-8(19-2)6-11(9)20-13/h3-6H,1-2H3,(H,16,17)(H,14,15,18). The lowest BCUT2D eigenvalue weighted by atomic mass is 10.3. The Hall–Kier alpha value is -2.41. The number of nitrogens with zero attached hydrogens (tertiary/aromatic N) is 2. The van der Waals surface area contributed by atoms with Crippen LogP contribution in [0.4, 0.5) is 5.13 Å². The van der Waals surface area contributed by atoms with Crippen molar-refractivity contribution in [1.82, 2.24) is 15.2 Å². The lowest BCUT2D eigenvalue weighted by molar-refractivity contribution is 0.102. The Morgan fingerprint density at radius 1 is 1.40 bits per heavy atom. The van der Waals surface area contributed by atoms with Gasteiger partial charge in [-0.2, -0.15) is 5.10 Å². The number of rotatable bonds is 3. The van der Waals surface area contributed by atoms with Crippen LogP contribution < -0.4 is 10.1 Å². The molecule has 0 aliphatic heterocycles. The molecule has 3 aromatic rings. The summed E-state index contributed by atoms with van der Waals surface area (Å²) in [7, 11) is 1.62. The fraction of sp³-hybridized carbons (Fsp3) is 0.154. The number of carbonyl (C=O) groups is 1. The van der Waals surface area contributed by atoms with Crippen molar-refractivity contribution in [2.45, 2.75) is 6.92 Å². The number of carbonyl (C=O) groups excluding carboxylic acids is 1. The number of amides is 1. The molecule has 0 radical (unpaired) electrons. The molecule has 0 atom stereocenters. The van der Waals surface area contributed by atoms with Gasteiger partial charge in [0.25, 0.3) is 5.91 Å². The molecule has 0 aliphatic carbocycles. The van der Waals surface area contributed by atoms with Gasteiger partial charge in [0.2, 0.25) is 0 Å². The predicted octanol–water partition coefficient (Wildman–Crippen LogP) is 2.59. The Bertz CT molecular complexity index is 778. The van der Waals surface area contributed by atoms with Crippen LogP contribution in [-0.4, -0.2) is 28.2 Å².